The zero-order chi connectivity index (χ0) is 9.97. The summed E-state index contributed by atoms with van der Waals surface area (Å²) < 4.78 is 10.8. The first kappa shape index (κ1) is 9.74. The molecule has 0 spiro atoms. The SMILES string of the molecule is CC1OCCC1N[C@@H](C)c1ccco1. The van der Waals surface area contributed by atoms with Crippen LogP contribution in [0.2, 0.25) is 0 Å². The first-order valence-electron chi connectivity index (χ1n) is 5.18. The van der Waals surface area contributed by atoms with E-state index in [-0.39, 0.29) is 6.04 Å². The van der Waals surface area contributed by atoms with Crippen LogP contribution in [-0.4, -0.2) is 18.8 Å². The summed E-state index contributed by atoms with van der Waals surface area (Å²) in [5.74, 6) is 0.990. The first-order valence-corrected chi connectivity index (χ1v) is 5.18. The van der Waals surface area contributed by atoms with Crippen LogP contribution in [0.3, 0.4) is 0 Å². The van der Waals surface area contributed by atoms with Gasteiger partial charge >= 0.3 is 0 Å². The summed E-state index contributed by atoms with van der Waals surface area (Å²) in [5, 5.41) is 3.51. The summed E-state index contributed by atoms with van der Waals surface area (Å²) in [7, 11) is 0. The predicted octanol–water partition coefficient (Wildman–Crippen LogP) is 2.11. The number of hydrogen-bond acceptors (Lipinski definition) is 3. The molecule has 1 fully saturated rings. The molecule has 3 heteroatoms. The fraction of sp³-hybridized carbons (Fsp3) is 0.636. The van der Waals surface area contributed by atoms with Gasteiger partial charge in [-0.2, -0.15) is 0 Å². The maximum Gasteiger partial charge on any atom is 0.120 e. The van der Waals surface area contributed by atoms with Gasteiger partial charge < -0.3 is 14.5 Å². The van der Waals surface area contributed by atoms with Gasteiger partial charge in [0.25, 0.3) is 0 Å². The second-order valence-corrected chi connectivity index (χ2v) is 3.87. The van der Waals surface area contributed by atoms with Gasteiger partial charge in [0.05, 0.1) is 18.4 Å². The fourth-order valence-corrected chi connectivity index (χ4v) is 1.89. The van der Waals surface area contributed by atoms with Crippen molar-refractivity contribution >= 4 is 0 Å². The molecule has 1 aliphatic rings. The molecule has 3 atom stereocenters. The molecule has 1 saturated heterocycles. The van der Waals surface area contributed by atoms with Crippen LogP contribution < -0.4 is 5.32 Å². The molecule has 0 amide bonds. The lowest BCUT2D eigenvalue weighted by Crippen LogP contribution is -2.36. The average molecular weight is 195 g/mol. The second-order valence-electron chi connectivity index (χ2n) is 3.87. The molecule has 0 aromatic carbocycles. The molecular weight excluding hydrogens is 178 g/mol. The maximum absolute atomic E-state index is 5.49. The minimum absolute atomic E-state index is 0.263. The molecule has 0 bridgehead atoms. The van der Waals surface area contributed by atoms with Crippen LogP contribution in [0.4, 0.5) is 0 Å². The zero-order valence-electron chi connectivity index (χ0n) is 8.69. The zero-order valence-corrected chi connectivity index (χ0v) is 8.69. The maximum atomic E-state index is 5.49. The number of hydrogen-bond donors (Lipinski definition) is 1. The summed E-state index contributed by atoms with van der Waals surface area (Å²) in [4.78, 5) is 0. The Morgan fingerprint density at radius 3 is 3.00 bits per heavy atom. The number of rotatable bonds is 3. The summed E-state index contributed by atoms with van der Waals surface area (Å²) >= 11 is 0. The van der Waals surface area contributed by atoms with Crippen molar-refractivity contribution in [3.8, 4) is 0 Å². The third-order valence-corrected chi connectivity index (χ3v) is 2.81. The molecule has 2 rings (SSSR count). The lowest BCUT2D eigenvalue weighted by molar-refractivity contribution is 0.110. The molecule has 3 nitrogen and oxygen atoms in total. The van der Waals surface area contributed by atoms with Gasteiger partial charge in [-0.25, -0.2) is 0 Å². The number of furan rings is 1. The highest BCUT2D eigenvalue weighted by Gasteiger charge is 2.25. The third kappa shape index (κ3) is 1.99. The molecule has 0 aliphatic carbocycles. The van der Waals surface area contributed by atoms with Gasteiger partial charge in [-0.3, -0.25) is 0 Å². The topological polar surface area (TPSA) is 34.4 Å². The highest BCUT2D eigenvalue weighted by atomic mass is 16.5. The van der Waals surface area contributed by atoms with Gasteiger partial charge in [0.1, 0.15) is 5.76 Å². The van der Waals surface area contributed by atoms with E-state index < -0.39 is 0 Å². The predicted molar refractivity (Wildman–Crippen MR) is 54.1 cm³/mol. The van der Waals surface area contributed by atoms with Crippen molar-refractivity contribution in [1.82, 2.24) is 5.32 Å². The highest BCUT2D eigenvalue weighted by molar-refractivity contribution is 5.03. The van der Waals surface area contributed by atoms with E-state index in [0.717, 1.165) is 18.8 Å². The van der Waals surface area contributed by atoms with Crippen molar-refractivity contribution in [2.45, 2.75) is 38.5 Å². The monoisotopic (exact) mass is 195 g/mol. The number of nitrogens with one attached hydrogen (secondary N) is 1. The van der Waals surface area contributed by atoms with Crippen LogP contribution in [0.25, 0.3) is 0 Å². The molecule has 2 heterocycles. The van der Waals surface area contributed by atoms with Crippen LogP contribution in [0.15, 0.2) is 22.8 Å². The van der Waals surface area contributed by atoms with Crippen molar-refractivity contribution in [2.24, 2.45) is 0 Å². The Hall–Kier alpha value is -0.800. The molecule has 1 aromatic rings. The molecule has 0 radical (unpaired) electrons. The summed E-state index contributed by atoms with van der Waals surface area (Å²) in [5.41, 5.74) is 0. The van der Waals surface area contributed by atoms with Gasteiger partial charge in [0.2, 0.25) is 0 Å². The van der Waals surface area contributed by atoms with Crippen LogP contribution in [0.5, 0.6) is 0 Å². The lowest BCUT2D eigenvalue weighted by atomic mass is 10.1. The van der Waals surface area contributed by atoms with E-state index in [1.165, 1.54) is 0 Å². The van der Waals surface area contributed by atoms with Gasteiger partial charge in [-0.1, -0.05) is 0 Å². The molecule has 2 unspecified atom stereocenters. The average Bonchev–Trinajstić information content (AvgIpc) is 2.77. The second kappa shape index (κ2) is 4.15. The summed E-state index contributed by atoms with van der Waals surface area (Å²) in [6.45, 7) is 5.09. The Kier molecular flexibility index (Phi) is 2.89. The lowest BCUT2D eigenvalue weighted by Gasteiger charge is -2.20. The van der Waals surface area contributed by atoms with Gasteiger partial charge in [0, 0.05) is 12.6 Å². The van der Waals surface area contributed by atoms with E-state index >= 15 is 0 Å². The standard InChI is InChI=1S/C11H17NO2/c1-8(11-4-3-6-14-11)12-10-5-7-13-9(10)2/h3-4,6,8-10,12H,5,7H2,1-2H3/t8-,9?,10?/m0/s1. The Labute approximate surface area is 84.4 Å². The van der Waals surface area contributed by atoms with Crippen molar-refractivity contribution < 1.29 is 9.15 Å². The van der Waals surface area contributed by atoms with Crippen LogP contribution in [-0.2, 0) is 4.74 Å². The van der Waals surface area contributed by atoms with Crippen molar-refractivity contribution in [3.05, 3.63) is 24.2 Å². The smallest absolute Gasteiger partial charge is 0.120 e. The molecule has 1 aliphatic heterocycles. The molecular formula is C11H17NO2. The molecule has 1 aromatic heterocycles. The Balaban J connectivity index is 1.91. The van der Waals surface area contributed by atoms with Crippen molar-refractivity contribution in [2.75, 3.05) is 6.61 Å². The molecule has 0 saturated carbocycles. The van der Waals surface area contributed by atoms with E-state index in [4.69, 9.17) is 9.15 Å². The Morgan fingerprint density at radius 2 is 2.43 bits per heavy atom. The summed E-state index contributed by atoms with van der Waals surface area (Å²) in [6, 6.07) is 4.63. The van der Waals surface area contributed by atoms with Gasteiger partial charge in [0.15, 0.2) is 0 Å². The van der Waals surface area contributed by atoms with E-state index in [1.807, 2.05) is 12.1 Å². The number of ether oxygens (including phenoxy) is 1. The minimum atomic E-state index is 0.263. The molecule has 14 heavy (non-hydrogen) atoms. The van der Waals surface area contributed by atoms with Crippen LogP contribution in [0.1, 0.15) is 32.1 Å². The largest absolute Gasteiger partial charge is 0.468 e. The van der Waals surface area contributed by atoms with Crippen LogP contribution in [0, 0.1) is 0 Å². The van der Waals surface area contributed by atoms with Crippen molar-refractivity contribution in [3.63, 3.8) is 0 Å². The Morgan fingerprint density at radius 1 is 1.57 bits per heavy atom. The normalized spacial score (nSPS) is 29.3. The minimum Gasteiger partial charge on any atom is -0.468 e. The molecule has 78 valence electrons. The van der Waals surface area contributed by atoms with Gasteiger partial charge in [-0.15, -0.1) is 0 Å². The van der Waals surface area contributed by atoms with Gasteiger partial charge in [-0.05, 0) is 32.4 Å². The third-order valence-electron chi connectivity index (χ3n) is 2.81. The van der Waals surface area contributed by atoms with E-state index in [9.17, 15) is 0 Å². The van der Waals surface area contributed by atoms with Crippen LogP contribution >= 0.6 is 0 Å². The quantitative estimate of drug-likeness (QED) is 0.802. The summed E-state index contributed by atoms with van der Waals surface area (Å²) in [6.07, 6.45) is 3.11. The van der Waals surface area contributed by atoms with E-state index in [1.54, 1.807) is 6.26 Å². The molecule has 1 N–H and O–H groups in total. The Bertz CT molecular complexity index is 271. The van der Waals surface area contributed by atoms with E-state index in [0.29, 0.717) is 12.1 Å². The highest BCUT2D eigenvalue weighted by Crippen LogP contribution is 2.19. The first-order chi connectivity index (χ1) is 6.77. The van der Waals surface area contributed by atoms with E-state index in [2.05, 4.69) is 19.2 Å². The van der Waals surface area contributed by atoms with Crippen molar-refractivity contribution in [1.29, 1.82) is 0 Å². The fourth-order valence-electron chi connectivity index (χ4n) is 1.89.